The molecule has 1 aromatic carbocycles. The Morgan fingerprint density at radius 3 is 2.94 bits per heavy atom. The Morgan fingerprint density at radius 2 is 2.12 bits per heavy atom. The molecule has 82 valence electrons. The minimum atomic E-state index is 0.263. The van der Waals surface area contributed by atoms with Gasteiger partial charge in [0, 0.05) is 17.4 Å². The van der Waals surface area contributed by atoms with Gasteiger partial charge in [-0.25, -0.2) is 4.98 Å². The van der Waals surface area contributed by atoms with Crippen LogP contribution in [0.25, 0.3) is 10.9 Å². The van der Waals surface area contributed by atoms with E-state index in [1.54, 1.807) is 0 Å². The van der Waals surface area contributed by atoms with Crippen LogP contribution in [0.2, 0.25) is 0 Å². The molecule has 0 radical (unpaired) electrons. The van der Waals surface area contributed by atoms with Crippen LogP contribution < -0.4 is 4.74 Å². The predicted octanol–water partition coefficient (Wildman–Crippen LogP) is 3.18. The highest BCUT2D eigenvalue weighted by molar-refractivity contribution is 5.85. The molecule has 0 unspecified atom stereocenters. The van der Waals surface area contributed by atoms with E-state index >= 15 is 0 Å². The molecule has 2 aromatic rings. The Balaban J connectivity index is 2.34. The van der Waals surface area contributed by atoms with Crippen LogP contribution in [0.5, 0.6) is 5.88 Å². The molecule has 2 nitrogen and oxygen atoms in total. The van der Waals surface area contributed by atoms with Crippen molar-refractivity contribution in [1.29, 1.82) is 0 Å². The number of pyridine rings is 1. The summed E-state index contributed by atoms with van der Waals surface area (Å²) in [7, 11) is 0. The van der Waals surface area contributed by atoms with Crippen molar-refractivity contribution in [2.24, 2.45) is 0 Å². The fourth-order valence-corrected chi connectivity index (χ4v) is 2.41. The van der Waals surface area contributed by atoms with Gasteiger partial charge in [-0.1, -0.05) is 11.6 Å². The first-order chi connectivity index (χ1) is 7.65. The Labute approximate surface area is 95.3 Å². The summed E-state index contributed by atoms with van der Waals surface area (Å²) in [6.45, 7) is 6.38. The molecular formula is C14H15NO. The maximum atomic E-state index is 5.71. The lowest BCUT2D eigenvalue weighted by atomic mass is 10.0. The van der Waals surface area contributed by atoms with Crippen molar-refractivity contribution in [2.45, 2.75) is 33.3 Å². The van der Waals surface area contributed by atoms with Gasteiger partial charge in [0.15, 0.2) is 0 Å². The molecule has 3 rings (SSSR count). The molecule has 0 bridgehead atoms. The maximum absolute atomic E-state index is 5.71. The predicted molar refractivity (Wildman–Crippen MR) is 65.0 cm³/mol. The molecule has 1 aliphatic heterocycles. The number of rotatable bonds is 0. The van der Waals surface area contributed by atoms with Crippen LogP contribution in [0, 0.1) is 13.8 Å². The normalized spacial score (nSPS) is 18.6. The minimum absolute atomic E-state index is 0.263. The molecule has 1 aliphatic rings. The van der Waals surface area contributed by atoms with Gasteiger partial charge < -0.3 is 4.74 Å². The van der Waals surface area contributed by atoms with Crippen LogP contribution in [0.3, 0.4) is 0 Å². The fraction of sp³-hybridized carbons (Fsp3) is 0.357. The van der Waals surface area contributed by atoms with Gasteiger partial charge in [-0.15, -0.1) is 0 Å². The van der Waals surface area contributed by atoms with Crippen molar-refractivity contribution in [3.05, 3.63) is 34.9 Å². The van der Waals surface area contributed by atoms with Gasteiger partial charge in [-0.3, -0.25) is 0 Å². The van der Waals surface area contributed by atoms with E-state index in [1.165, 1.54) is 22.1 Å². The van der Waals surface area contributed by atoms with E-state index < -0.39 is 0 Å². The van der Waals surface area contributed by atoms with E-state index in [4.69, 9.17) is 4.74 Å². The van der Waals surface area contributed by atoms with E-state index in [-0.39, 0.29) is 6.10 Å². The average molecular weight is 213 g/mol. The van der Waals surface area contributed by atoms with Gasteiger partial charge in [-0.05, 0) is 38.5 Å². The summed E-state index contributed by atoms with van der Waals surface area (Å²) in [5, 5.41) is 1.26. The first-order valence-corrected chi connectivity index (χ1v) is 5.71. The van der Waals surface area contributed by atoms with Crippen molar-refractivity contribution < 1.29 is 4.74 Å². The first-order valence-electron chi connectivity index (χ1n) is 5.71. The van der Waals surface area contributed by atoms with E-state index in [1.807, 2.05) is 0 Å². The van der Waals surface area contributed by atoms with Crippen molar-refractivity contribution in [1.82, 2.24) is 4.98 Å². The van der Waals surface area contributed by atoms with Crippen LogP contribution in [-0.4, -0.2) is 11.1 Å². The number of aryl methyl sites for hydroxylation is 2. The molecule has 2 heterocycles. The highest BCUT2D eigenvalue weighted by Crippen LogP contribution is 2.33. The zero-order valence-electron chi connectivity index (χ0n) is 9.87. The third-order valence-corrected chi connectivity index (χ3v) is 3.29. The van der Waals surface area contributed by atoms with Gasteiger partial charge in [0.1, 0.15) is 6.10 Å². The molecule has 2 heteroatoms. The van der Waals surface area contributed by atoms with Crippen LogP contribution in [0.15, 0.2) is 18.2 Å². The molecule has 16 heavy (non-hydrogen) atoms. The summed E-state index contributed by atoms with van der Waals surface area (Å²) >= 11 is 0. The third kappa shape index (κ3) is 1.29. The topological polar surface area (TPSA) is 22.1 Å². The van der Waals surface area contributed by atoms with E-state index in [9.17, 15) is 0 Å². The number of hydrogen-bond acceptors (Lipinski definition) is 2. The Hall–Kier alpha value is -1.57. The van der Waals surface area contributed by atoms with Crippen LogP contribution in [-0.2, 0) is 6.42 Å². The number of aromatic nitrogens is 1. The second kappa shape index (κ2) is 3.21. The second-order valence-electron chi connectivity index (χ2n) is 4.67. The summed E-state index contributed by atoms with van der Waals surface area (Å²) in [4.78, 5) is 4.59. The van der Waals surface area contributed by atoms with Crippen LogP contribution in [0.1, 0.15) is 23.6 Å². The van der Waals surface area contributed by atoms with Crippen molar-refractivity contribution in [2.75, 3.05) is 0 Å². The molecular weight excluding hydrogens is 198 g/mol. The molecule has 0 N–H and O–H groups in total. The van der Waals surface area contributed by atoms with Crippen LogP contribution >= 0.6 is 0 Å². The van der Waals surface area contributed by atoms with Crippen molar-refractivity contribution in [3.63, 3.8) is 0 Å². The largest absolute Gasteiger partial charge is 0.474 e. The Bertz CT molecular complexity index is 574. The summed E-state index contributed by atoms with van der Waals surface area (Å²) in [5.74, 6) is 0.835. The molecule has 0 spiro atoms. The van der Waals surface area contributed by atoms with Gasteiger partial charge in [-0.2, -0.15) is 0 Å². The zero-order chi connectivity index (χ0) is 11.3. The molecule has 1 aromatic heterocycles. The van der Waals surface area contributed by atoms with Gasteiger partial charge in [0.05, 0.1) is 5.52 Å². The van der Waals surface area contributed by atoms with Crippen molar-refractivity contribution in [3.8, 4) is 5.88 Å². The summed E-state index contributed by atoms with van der Waals surface area (Å²) in [6, 6.07) is 6.38. The number of ether oxygens (including phenoxy) is 1. The molecule has 0 amide bonds. The third-order valence-electron chi connectivity index (χ3n) is 3.29. The van der Waals surface area contributed by atoms with E-state index in [0.717, 1.165) is 17.8 Å². The lowest BCUT2D eigenvalue weighted by Gasteiger charge is -2.07. The Morgan fingerprint density at radius 1 is 1.31 bits per heavy atom. The number of hydrogen-bond donors (Lipinski definition) is 0. The minimum Gasteiger partial charge on any atom is -0.474 e. The quantitative estimate of drug-likeness (QED) is 0.670. The lowest BCUT2D eigenvalue weighted by molar-refractivity contribution is 0.247. The average Bonchev–Trinajstić information content (AvgIpc) is 2.61. The van der Waals surface area contributed by atoms with E-state index in [2.05, 4.69) is 44.0 Å². The maximum Gasteiger partial charge on any atom is 0.217 e. The molecule has 0 saturated carbocycles. The zero-order valence-corrected chi connectivity index (χ0v) is 9.87. The van der Waals surface area contributed by atoms with E-state index in [0.29, 0.717) is 0 Å². The highest BCUT2D eigenvalue weighted by Gasteiger charge is 2.23. The summed E-state index contributed by atoms with van der Waals surface area (Å²) in [6.07, 6.45) is 1.25. The first kappa shape index (κ1) is 9.64. The second-order valence-corrected chi connectivity index (χ2v) is 4.67. The number of benzene rings is 1. The highest BCUT2D eigenvalue weighted by atomic mass is 16.5. The molecule has 0 saturated heterocycles. The standard InChI is InChI=1S/C14H15NO/c1-8-4-5-13-11(6-8)10(3)12-7-9(2)16-14(12)15-13/h4-6,9H,7H2,1-3H3/t9-/m1/s1. The monoisotopic (exact) mass is 213 g/mol. The molecule has 1 atom stereocenters. The fourth-order valence-electron chi connectivity index (χ4n) is 2.41. The van der Waals surface area contributed by atoms with Gasteiger partial charge >= 0.3 is 0 Å². The number of fused-ring (bicyclic) bond motifs is 2. The van der Waals surface area contributed by atoms with Gasteiger partial charge in [0.25, 0.3) is 0 Å². The molecule has 0 fully saturated rings. The summed E-state index contributed by atoms with van der Waals surface area (Å²) < 4.78 is 5.71. The Kier molecular flexibility index (Phi) is 1.93. The SMILES string of the molecule is Cc1ccc2nc3c(c(C)c2c1)C[C@@H](C)O3. The lowest BCUT2D eigenvalue weighted by Crippen LogP contribution is -2.05. The van der Waals surface area contributed by atoms with Gasteiger partial charge in [0.2, 0.25) is 5.88 Å². The summed E-state index contributed by atoms with van der Waals surface area (Å²) in [5.41, 5.74) is 4.93. The molecule has 0 aliphatic carbocycles. The van der Waals surface area contributed by atoms with Crippen LogP contribution in [0.4, 0.5) is 0 Å². The smallest absolute Gasteiger partial charge is 0.217 e. The number of nitrogens with zero attached hydrogens (tertiary/aromatic N) is 1. The van der Waals surface area contributed by atoms with Crippen molar-refractivity contribution >= 4 is 10.9 Å².